The summed E-state index contributed by atoms with van der Waals surface area (Å²) >= 11 is 1.05. The Morgan fingerprint density at radius 2 is 1.76 bits per heavy atom. The quantitative estimate of drug-likeness (QED) is 0.566. The molecule has 2 aromatic carbocycles. The van der Waals surface area contributed by atoms with E-state index < -0.39 is 32.6 Å². The number of carbonyl (C=O) groups excluding carboxylic acids is 1. The molecule has 1 N–H and O–H groups in total. The summed E-state index contributed by atoms with van der Waals surface area (Å²) in [4.78, 5) is 11.7. The van der Waals surface area contributed by atoms with Crippen molar-refractivity contribution in [2.45, 2.75) is 29.8 Å². The number of hydrogen-bond donors (Lipinski definition) is 1. The highest BCUT2D eigenvalue weighted by Gasteiger charge is 2.40. The Morgan fingerprint density at radius 3 is 2.48 bits per heavy atom. The minimum atomic E-state index is -4.79. The Balaban J connectivity index is 1.52. The smallest absolute Gasteiger partial charge is 0.320 e. The lowest BCUT2D eigenvalue weighted by atomic mass is 10.0. The highest BCUT2D eigenvalue weighted by atomic mass is 32.2. The number of alkyl halides is 3. The standard InChI is InChI=1S/C21H19F3N4O3S2/c22-21(23,24)16-10-4-5-11-17(16)33(30,31)28-12-6-7-14(13-28)19-26-27-20(32-19)18(29)25-15-8-2-1-3-9-15/h1-5,8-11,14H,6-7,12-13H2,(H,25,29). The van der Waals surface area contributed by atoms with Gasteiger partial charge in [0.25, 0.3) is 5.91 Å². The number of hydrogen-bond acceptors (Lipinski definition) is 6. The number of piperidine rings is 1. The zero-order valence-electron chi connectivity index (χ0n) is 17.1. The second-order valence-electron chi connectivity index (χ2n) is 7.46. The van der Waals surface area contributed by atoms with Crippen LogP contribution in [0.25, 0.3) is 0 Å². The van der Waals surface area contributed by atoms with E-state index in [0.717, 1.165) is 33.8 Å². The largest absolute Gasteiger partial charge is 0.417 e. The van der Waals surface area contributed by atoms with Gasteiger partial charge >= 0.3 is 6.18 Å². The summed E-state index contributed by atoms with van der Waals surface area (Å²) in [6, 6.07) is 13.0. The molecule has 0 aliphatic carbocycles. The first-order valence-corrected chi connectivity index (χ1v) is 12.3. The lowest BCUT2D eigenvalue weighted by Gasteiger charge is -2.31. The highest BCUT2D eigenvalue weighted by molar-refractivity contribution is 7.89. The molecule has 1 unspecified atom stereocenters. The van der Waals surface area contributed by atoms with Gasteiger partial charge in [0.1, 0.15) is 5.01 Å². The molecule has 1 fully saturated rings. The maximum Gasteiger partial charge on any atom is 0.417 e. The maximum atomic E-state index is 13.4. The molecule has 1 saturated heterocycles. The van der Waals surface area contributed by atoms with E-state index in [2.05, 4.69) is 15.5 Å². The van der Waals surface area contributed by atoms with Gasteiger partial charge in [-0.25, -0.2) is 8.42 Å². The fourth-order valence-electron chi connectivity index (χ4n) is 3.62. The molecular formula is C21H19F3N4O3S2. The van der Waals surface area contributed by atoms with Gasteiger partial charge in [0.05, 0.1) is 10.5 Å². The second kappa shape index (κ2) is 9.20. The molecule has 1 aliphatic rings. The number of amides is 1. The number of aromatic nitrogens is 2. The predicted octanol–water partition coefficient (Wildman–Crippen LogP) is 4.38. The minimum absolute atomic E-state index is 0.0382. The Hall–Kier alpha value is -2.83. The van der Waals surface area contributed by atoms with E-state index in [1.165, 1.54) is 6.07 Å². The molecule has 3 aromatic rings. The Bertz CT molecular complexity index is 1250. The highest BCUT2D eigenvalue weighted by Crippen LogP contribution is 2.37. The molecule has 1 amide bonds. The van der Waals surface area contributed by atoms with Crippen molar-refractivity contribution < 1.29 is 26.4 Å². The third-order valence-electron chi connectivity index (χ3n) is 5.21. The van der Waals surface area contributed by atoms with Crippen LogP contribution in [0.15, 0.2) is 59.5 Å². The molecule has 1 atom stereocenters. The third kappa shape index (κ3) is 5.07. The first-order chi connectivity index (χ1) is 15.7. The van der Waals surface area contributed by atoms with Gasteiger partial charge in [0, 0.05) is 24.7 Å². The number of carbonyl (C=O) groups is 1. The molecule has 0 spiro atoms. The van der Waals surface area contributed by atoms with E-state index in [-0.39, 0.29) is 24.0 Å². The second-order valence-corrected chi connectivity index (χ2v) is 10.4. The first kappa shape index (κ1) is 23.3. The summed E-state index contributed by atoms with van der Waals surface area (Å²) in [6.45, 7) is 0.0641. The van der Waals surface area contributed by atoms with Gasteiger partial charge in [-0.05, 0) is 37.1 Å². The normalized spacial score (nSPS) is 17.6. The van der Waals surface area contributed by atoms with Gasteiger partial charge in [-0.1, -0.05) is 41.7 Å². The van der Waals surface area contributed by atoms with Gasteiger partial charge in [0.2, 0.25) is 15.0 Å². The van der Waals surface area contributed by atoms with Crippen LogP contribution in [0.5, 0.6) is 0 Å². The van der Waals surface area contributed by atoms with Gasteiger partial charge in [0.15, 0.2) is 0 Å². The third-order valence-corrected chi connectivity index (χ3v) is 8.22. The van der Waals surface area contributed by atoms with Crippen LogP contribution in [-0.4, -0.2) is 41.9 Å². The monoisotopic (exact) mass is 496 g/mol. The van der Waals surface area contributed by atoms with Crippen LogP contribution in [0.3, 0.4) is 0 Å². The summed E-state index contributed by atoms with van der Waals surface area (Å²) in [5, 5.41) is 11.3. The minimum Gasteiger partial charge on any atom is -0.320 e. The number of benzene rings is 2. The van der Waals surface area contributed by atoms with E-state index in [1.54, 1.807) is 24.3 Å². The molecule has 1 aromatic heterocycles. The zero-order valence-corrected chi connectivity index (χ0v) is 18.8. The van der Waals surface area contributed by atoms with Gasteiger partial charge < -0.3 is 5.32 Å². The van der Waals surface area contributed by atoms with Crippen molar-refractivity contribution in [1.82, 2.24) is 14.5 Å². The van der Waals surface area contributed by atoms with Crippen molar-refractivity contribution >= 4 is 33.0 Å². The Labute approximate surface area is 192 Å². The molecule has 0 saturated carbocycles. The van der Waals surface area contributed by atoms with E-state index in [0.29, 0.717) is 23.5 Å². The summed E-state index contributed by atoms with van der Waals surface area (Å²) in [5.41, 5.74) is -0.597. The number of rotatable bonds is 5. The molecule has 12 heteroatoms. The molecule has 0 bridgehead atoms. The van der Waals surface area contributed by atoms with Crippen LogP contribution in [0.1, 0.15) is 39.1 Å². The van der Waals surface area contributed by atoms with E-state index in [4.69, 9.17) is 0 Å². The number of halogens is 3. The number of sulfonamides is 1. The Morgan fingerprint density at radius 1 is 1.06 bits per heavy atom. The number of para-hydroxylation sites is 1. The molecule has 7 nitrogen and oxygen atoms in total. The van der Waals surface area contributed by atoms with E-state index in [1.807, 2.05) is 6.07 Å². The van der Waals surface area contributed by atoms with Crippen LogP contribution in [-0.2, 0) is 16.2 Å². The van der Waals surface area contributed by atoms with Crippen LogP contribution >= 0.6 is 11.3 Å². The molecule has 174 valence electrons. The average molecular weight is 497 g/mol. The summed E-state index contributed by atoms with van der Waals surface area (Å²) < 4.78 is 67.4. The average Bonchev–Trinajstić information content (AvgIpc) is 3.30. The summed E-state index contributed by atoms with van der Waals surface area (Å²) in [6.07, 6.45) is -3.76. The number of anilines is 1. The number of nitrogens with zero attached hydrogens (tertiary/aromatic N) is 3. The molecule has 33 heavy (non-hydrogen) atoms. The van der Waals surface area contributed by atoms with Crippen LogP contribution in [0, 0.1) is 0 Å². The summed E-state index contributed by atoms with van der Waals surface area (Å²) in [5.74, 6) is -0.813. The van der Waals surface area contributed by atoms with Crippen molar-refractivity contribution in [3.05, 3.63) is 70.2 Å². The molecule has 4 rings (SSSR count). The van der Waals surface area contributed by atoms with Crippen molar-refractivity contribution in [1.29, 1.82) is 0 Å². The van der Waals surface area contributed by atoms with Crippen molar-refractivity contribution in [2.75, 3.05) is 18.4 Å². The van der Waals surface area contributed by atoms with E-state index in [9.17, 15) is 26.4 Å². The van der Waals surface area contributed by atoms with Crippen LogP contribution in [0.4, 0.5) is 18.9 Å². The Kier molecular flexibility index (Phi) is 6.50. The first-order valence-electron chi connectivity index (χ1n) is 10.0. The van der Waals surface area contributed by atoms with Crippen molar-refractivity contribution in [2.24, 2.45) is 0 Å². The molecule has 2 heterocycles. The van der Waals surface area contributed by atoms with Crippen molar-refractivity contribution in [3.63, 3.8) is 0 Å². The number of nitrogens with one attached hydrogen (secondary N) is 1. The lowest BCUT2D eigenvalue weighted by molar-refractivity contribution is -0.139. The fourth-order valence-corrected chi connectivity index (χ4v) is 6.22. The lowest BCUT2D eigenvalue weighted by Crippen LogP contribution is -2.39. The summed E-state index contributed by atoms with van der Waals surface area (Å²) in [7, 11) is -4.38. The SMILES string of the molecule is O=C(Nc1ccccc1)c1nnc(C2CCCN(S(=O)(=O)c3ccccc3C(F)(F)F)C2)s1. The predicted molar refractivity (Wildman–Crippen MR) is 116 cm³/mol. The van der Waals surface area contributed by atoms with Crippen LogP contribution < -0.4 is 5.32 Å². The molecular weight excluding hydrogens is 477 g/mol. The topological polar surface area (TPSA) is 92.3 Å². The molecule has 0 radical (unpaired) electrons. The van der Waals surface area contributed by atoms with Crippen molar-refractivity contribution in [3.8, 4) is 0 Å². The van der Waals surface area contributed by atoms with Crippen LogP contribution in [0.2, 0.25) is 0 Å². The van der Waals surface area contributed by atoms with Gasteiger partial charge in [-0.3, -0.25) is 4.79 Å². The van der Waals surface area contributed by atoms with Gasteiger partial charge in [-0.2, -0.15) is 17.5 Å². The fraction of sp³-hybridized carbons (Fsp3) is 0.286. The van der Waals surface area contributed by atoms with Gasteiger partial charge in [-0.15, -0.1) is 10.2 Å². The maximum absolute atomic E-state index is 13.4. The van der Waals surface area contributed by atoms with E-state index >= 15 is 0 Å². The molecule has 1 aliphatic heterocycles. The zero-order chi connectivity index (χ0) is 23.6.